The first-order chi connectivity index (χ1) is 10.1. The number of nitrogens with one attached hydrogen (secondary N) is 1. The number of benzene rings is 1. The summed E-state index contributed by atoms with van der Waals surface area (Å²) in [7, 11) is 0. The fourth-order valence-corrected chi connectivity index (χ4v) is 1.84. The Morgan fingerprint density at radius 1 is 1.33 bits per heavy atom. The molecule has 0 radical (unpaired) electrons. The van der Waals surface area contributed by atoms with Gasteiger partial charge in [0.1, 0.15) is 18.1 Å². The Hall–Kier alpha value is -2.34. The number of ether oxygens (including phenoxy) is 1. The van der Waals surface area contributed by atoms with Gasteiger partial charge in [-0.25, -0.2) is 0 Å². The zero-order valence-electron chi connectivity index (χ0n) is 12.0. The Labute approximate surface area is 122 Å². The summed E-state index contributed by atoms with van der Waals surface area (Å²) in [5.41, 5.74) is 2.26. The second-order valence-corrected chi connectivity index (χ2v) is 4.60. The molecule has 0 unspecified atom stereocenters. The topological polar surface area (TPSA) is 84.6 Å². The predicted molar refractivity (Wildman–Crippen MR) is 76.2 cm³/mol. The van der Waals surface area contributed by atoms with Crippen LogP contribution in [-0.2, 0) is 6.61 Å². The molecule has 0 aliphatic carbocycles. The molecule has 2 N–H and O–H groups in total. The smallest absolute Gasteiger partial charge is 0.251 e. The van der Waals surface area contributed by atoms with E-state index in [1.54, 1.807) is 24.3 Å². The number of aliphatic hydroxyl groups excluding tert-OH is 1. The monoisotopic (exact) mass is 290 g/mol. The summed E-state index contributed by atoms with van der Waals surface area (Å²) in [5.74, 6) is 1.18. The average Bonchev–Trinajstić information content (AvgIpc) is 2.82. The second-order valence-electron chi connectivity index (χ2n) is 4.60. The van der Waals surface area contributed by atoms with Gasteiger partial charge < -0.3 is 19.7 Å². The van der Waals surface area contributed by atoms with Crippen LogP contribution in [0.25, 0.3) is 0 Å². The Morgan fingerprint density at radius 3 is 2.62 bits per heavy atom. The van der Waals surface area contributed by atoms with Crippen molar-refractivity contribution in [2.24, 2.45) is 0 Å². The Kier molecular flexibility index (Phi) is 4.94. The maximum absolute atomic E-state index is 11.7. The number of aromatic nitrogens is 1. The summed E-state index contributed by atoms with van der Waals surface area (Å²) in [6, 6.07) is 6.81. The van der Waals surface area contributed by atoms with Crippen LogP contribution in [0.2, 0.25) is 0 Å². The van der Waals surface area contributed by atoms with Gasteiger partial charge in [-0.05, 0) is 38.1 Å². The molecular formula is C15H18N2O4. The van der Waals surface area contributed by atoms with E-state index in [2.05, 4.69) is 10.5 Å². The van der Waals surface area contributed by atoms with Crippen molar-refractivity contribution in [2.45, 2.75) is 20.5 Å². The quantitative estimate of drug-likeness (QED) is 0.844. The summed E-state index contributed by atoms with van der Waals surface area (Å²) in [6.07, 6.45) is 0. The minimum Gasteiger partial charge on any atom is -0.489 e. The van der Waals surface area contributed by atoms with Crippen LogP contribution in [0.4, 0.5) is 0 Å². The normalized spacial score (nSPS) is 10.4. The summed E-state index contributed by atoms with van der Waals surface area (Å²) in [5, 5.41) is 15.1. The van der Waals surface area contributed by atoms with Crippen molar-refractivity contribution in [1.29, 1.82) is 0 Å². The van der Waals surface area contributed by atoms with E-state index in [4.69, 9.17) is 14.4 Å². The maximum atomic E-state index is 11.7. The van der Waals surface area contributed by atoms with E-state index in [9.17, 15) is 4.79 Å². The van der Waals surface area contributed by atoms with Crippen LogP contribution in [0.1, 0.15) is 27.4 Å². The van der Waals surface area contributed by atoms with E-state index in [1.165, 1.54) is 0 Å². The number of aliphatic hydroxyl groups is 1. The van der Waals surface area contributed by atoms with Crippen molar-refractivity contribution >= 4 is 5.91 Å². The number of hydrogen-bond donors (Lipinski definition) is 2. The summed E-state index contributed by atoms with van der Waals surface area (Å²) >= 11 is 0. The zero-order valence-corrected chi connectivity index (χ0v) is 12.0. The minimum absolute atomic E-state index is 0.0790. The highest BCUT2D eigenvalue weighted by Gasteiger charge is 2.10. The first-order valence-corrected chi connectivity index (χ1v) is 6.65. The van der Waals surface area contributed by atoms with Gasteiger partial charge in [-0.3, -0.25) is 4.79 Å². The molecule has 0 aliphatic rings. The van der Waals surface area contributed by atoms with E-state index >= 15 is 0 Å². The lowest BCUT2D eigenvalue weighted by Gasteiger charge is -2.07. The molecule has 0 saturated heterocycles. The lowest BCUT2D eigenvalue weighted by atomic mass is 10.2. The highest BCUT2D eigenvalue weighted by molar-refractivity contribution is 5.94. The van der Waals surface area contributed by atoms with E-state index in [0.717, 1.165) is 17.0 Å². The van der Waals surface area contributed by atoms with Gasteiger partial charge in [0, 0.05) is 12.1 Å². The zero-order chi connectivity index (χ0) is 15.2. The maximum Gasteiger partial charge on any atom is 0.251 e. The van der Waals surface area contributed by atoms with Gasteiger partial charge >= 0.3 is 0 Å². The van der Waals surface area contributed by atoms with E-state index in [0.29, 0.717) is 17.9 Å². The van der Waals surface area contributed by atoms with Crippen LogP contribution in [0.15, 0.2) is 28.8 Å². The second kappa shape index (κ2) is 6.90. The molecule has 0 spiro atoms. The molecular weight excluding hydrogens is 272 g/mol. The molecule has 1 heterocycles. The molecule has 1 aromatic heterocycles. The van der Waals surface area contributed by atoms with Gasteiger partial charge in [0.2, 0.25) is 0 Å². The molecule has 21 heavy (non-hydrogen) atoms. The first-order valence-electron chi connectivity index (χ1n) is 6.65. The van der Waals surface area contributed by atoms with E-state index in [-0.39, 0.29) is 19.1 Å². The molecule has 0 bridgehead atoms. The largest absolute Gasteiger partial charge is 0.489 e. The van der Waals surface area contributed by atoms with Crippen molar-refractivity contribution in [2.75, 3.05) is 13.2 Å². The molecule has 0 aliphatic heterocycles. The van der Waals surface area contributed by atoms with Gasteiger partial charge in [-0.1, -0.05) is 5.16 Å². The molecule has 6 nitrogen and oxygen atoms in total. The fourth-order valence-electron chi connectivity index (χ4n) is 1.84. The highest BCUT2D eigenvalue weighted by Crippen LogP contribution is 2.17. The first kappa shape index (κ1) is 15.1. The summed E-state index contributed by atoms with van der Waals surface area (Å²) in [4.78, 5) is 11.7. The van der Waals surface area contributed by atoms with Crippen molar-refractivity contribution in [3.05, 3.63) is 46.8 Å². The molecule has 2 aromatic rings. The molecule has 1 amide bonds. The third-order valence-corrected chi connectivity index (χ3v) is 3.08. The predicted octanol–water partition coefficient (Wildman–Crippen LogP) is 1.59. The van der Waals surface area contributed by atoms with Gasteiger partial charge in [-0.15, -0.1) is 0 Å². The standard InChI is InChI=1S/C15H18N2O4/c1-10-14(11(2)21-17-10)9-20-13-5-3-12(4-6-13)15(19)16-7-8-18/h3-6,18H,7-9H2,1-2H3,(H,16,19). The number of rotatable bonds is 6. The number of carbonyl (C=O) groups is 1. The number of amides is 1. The van der Waals surface area contributed by atoms with E-state index in [1.807, 2.05) is 13.8 Å². The average molecular weight is 290 g/mol. The van der Waals surface area contributed by atoms with Gasteiger partial charge in [0.05, 0.1) is 17.9 Å². The summed E-state index contributed by atoms with van der Waals surface area (Å²) < 4.78 is 10.7. The SMILES string of the molecule is Cc1noc(C)c1COc1ccc(C(=O)NCCO)cc1. The Balaban J connectivity index is 1.95. The fraction of sp³-hybridized carbons (Fsp3) is 0.333. The van der Waals surface area contributed by atoms with Crippen molar-refractivity contribution in [3.8, 4) is 5.75 Å². The molecule has 2 rings (SSSR count). The third-order valence-electron chi connectivity index (χ3n) is 3.08. The van der Waals surface area contributed by atoms with Crippen LogP contribution in [0.5, 0.6) is 5.75 Å². The van der Waals surface area contributed by atoms with Crippen LogP contribution in [-0.4, -0.2) is 29.3 Å². The van der Waals surface area contributed by atoms with Crippen LogP contribution in [0, 0.1) is 13.8 Å². The highest BCUT2D eigenvalue weighted by atomic mass is 16.5. The van der Waals surface area contributed by atoms with Crippen molar-refractivity contribution in [3.63, 3.8) is 0 Å². The lowest BCUT2D eigenvalue weighted by molar-refractivity contribution is 0.0944. The van der Waals surface area contributed by atoms with Crippen LogP contribution >= 0.6 is 0 Å². The molecule has 1 aromatic carbocycles. The van der Waals surface area contributed by atoms with Gasteiger partial charge in [-0.2, -0.15) is 0 Å². The number of carbonyl (C=O) groups excluding carboxylic acids is 1. The number of nitrogens with zero attached hydrogens (tertiary/aromatic N) is 1. The molecule has 0 fully saturated rings. The summed E-state index contributed by atoms with van der Waals surface area (Å²) in [6.45, 7) is 4.24. The molecule has 0 saturated carbocycles. The number of aryl methyl sites for hydroxylation is 2. The Morgan fingerprint density at radius 2 is 2.05 bits per heavy atom. The van der Waals surface area contributed by atoms with Crippen molar-refractivity contribution < 1.29 is 19.2 Å². The molecule has 0 atom stereocenters. The lowest BCUT2D eigenvalue weighted by Crippen LogP contribution is -2.26. The van der Waals surface area contributed by atoms with Crippen LogP contribution < -0.4 is 10.1 Å². The minimum atomic E-state index is -0.221. The Bertz CT molecular complexity index is 585. The van der Waals surface area contributed by atoms with Crippen molar-refractivity contribution in [1.82, 2.24) is 10.5 Å². The van der Waals surface area contributed by atoms with Gasteiger partial charge in [0.25, 0.3) is 5.91 Å². The van der Waals surface area contributed by atoms with Crippen LogP contribution in [0.3, 0.4) is 0 Å². The number of hydrogen-bond acceptors (Lipinski definition) is 5. The third kappa shape index (κ3) is 3.82. The van der Waals surface area contributed by atoms with Gasteiger partial charge in [0.15, 0.2) is 0 Å². The van der Waals surface area contributed by atoms with E-state index < -0.39 is 0 Å². The molecule has 6 heteroatoms. The molecule has 112 valence electrons.